The summed E-state index contributed by atoms with van der Waals surface area (Å²) in [5.74, 6) is -0.866. The van der Waals surface area contributed by atoms with Gasteiger partial charge in [-0.25, -0.2) is 0 Å². The molecular formula is C77H136O6. The minimum absolute atomic E-state index is 0.0762. The lowest BCUT2D eigenvalue weighted by Crippen LogP contribution is -2.30. The molecular weight excluding hydrogens is 1020 g/mol. The number of hydrogen-bond acceptors (Lipinski definition) is 6. The second-order valence-corrected chi connectivity index (χ2v) is 24.1. The fraction of sp³-hybridized carbons (Fsp3) is 0.779. The molecule has 1 unspecified atom stereocenters. The van der Waals surface area contributed by atoms with Crippen molar-refractivity contribution in [3.63, 3.8) is 0 Å². The molecule has 0 aliphatic heterocycles. The van der Waals surface area contributed by atoms with Crippen LogP contribution in [0.4, 0.5) is 0 Å². The summed E-state index contributed by atoms with van der Waals surface area (Å²) in [6, 6.07) is 0. The Balaban J connectivity index is 4.25. The number of esters is 3. The van der Waals surface area contributed by atoms with Crippen LogP contribution < -0.4 is 0 Å². The standard InChI is InChI=1S/C77H136O6/c1-4-7-10-13-16-19-22-25-28-30-32-33-34-35-36-37-38-39-40-41-42-43-45-46-49-52-55-58-61-64-67-70-76(79)82-73-74(72-81-75(78)69-66-63-60-57-54-51-48-27-24-21-18-15-12-9-6-3)83-77(80)71-68-65-62-59-56-53-50-47-44-31-29-26-23-20-17-14-11-8-5-2/h7,10,16,19,25-29,32-33,35-36,48,74H,4-6,8-9,11-15,17-18,20-24,30-31,34,37-47,49-73H2,1-3H3/b10-7-,19-16-,28-25-,29-26-,33-32-,36-35-,48-27-. The van der Waals surface area contributed by atoms with Crippen molar-refractivity contribution in [3.8, 4) is 0 Å². The van der Waals surface area contributed by atoms with E-state index in [0.29, 0.717) is 19.3 Å². The maximum atomic E-state index is 13.0. The van der Waals surface area contributed by atoms with Gasteiger partial charge >= 0.3 is 17.9 Å². The van der Waals surface area contributed by atoms with Gasteiger partial charge in [0, 0.05) is 19.3 Å². The third-order valence-corrected chi connectivity index (χ3v) is 15.9. The number of unbranched alkanes of at least 4 members (excludes halogenated alkanes) is 41. The van der Waals surface area contributed by atoms with Crippen LogP contribution in [0.5, 0.6) is 0 Å². The van der Waals surface area contributed by atoms with Crippen molar-refractivity contribution in [1.29, 1.82) is 0 Å². The van der Waals surface area contributed by atoms with Crippen molar-refractivity contribution in [2.75, 3.05) is 13.2 Å². The lowest BCUT2D eigenvalue weighted by molar-refractivity contribution is -0.167. The number of rotatable bonds is 66. The van der Waals surface area contributed by atoms with Crippen LogP contribution in [-0.4, -0.2) is 37.2 Å². The molecule has 0 aliphatic rings. The molecule has 480 valence electrons. The highest BCUT2D eigenvalue weighted by Crippen LogP contribution is 2.17. The van der Waals surface area contributed by atoms with Crippen LogP contribution in [0.25, 0.3) is 0 Å². The van der Waals surface area contributed by atoms with E-state index in [9.17, 15) is 14.4 Å². The van der Waals surface area contributed by atoms with E-state index < -0.39 is 6.10 Å². The molecule has 1 atom stereocenters. The molecule has 0 aromatic carbocycles. The van der Waals surface area contributed by atoms with Crippen molar-refractivity contribution < 1.29 is 28.6 Å². The largest absolute Gasteiger partial charge is 0.462 e. The van der Waals surface area contributed by atoms with Gasteiger partial charge in [-0.05, 0) is 116 Å². The first-order valence-electron chi connectivity index (χ1n) is 36.1. The molecule has 0 saturated carbocycles. The highest BCUT2D eigenvalue weighted by molar-refractivity contribution is 5.71. The first-order valence-corrected chi connectivity index (χ1v) is 36.1. The fourth-order valence-electron chi connectivity index (χ4n) is 10.5. The van der Waals surface area contributed by atoms with Crippen LogP contribution in [-0.2, 0) is 28.6 Å². The van der Waals surface area contributed by atoms with Gasteiger partial charge < -0.3 is 14.2 Å². The van der Waals surface area contributed by atoms with Gasteiger partial charge in [-0.2, -0.15) is 0 Å². The molecule has 0 aliphatic carbocycles. The Labute approximate surface area is 515 Å². The summed E-state index contributed by atoms with van der Waals surface area (Å²) in [6.45, 7) is 6.56. The van der Waals surface area contributed by atoms with Crippen molar-refractivity contribution >= 4 is 17.9 Å². The zero-order valence-corrected chi connectivity index (χ0v) is 55.2. The summed E-state index contributed by atoms with van der Waals surface area (Å²) in [5.41, 5.74) is 0. The molecule has 0 aromatic heterocycles. The van der Waals surface area contributed by atoms with E-state index in [2.05, 4.69) is 106 Å². The van der Waals surface area contributed by atoms with Gasteiger partial charge in [0.05, 0.1) is 0 Å². The average Bonchev–Trinajstić information content (AvgIpc) is 3.49. The van der Waals surface area contributed by atoms with Crippen molar-refractivity contribution in [3.05, 3.63) is 85.1 Å². The molecule has 0 rings (SSSR count). The predicted octanol–water partition coefficient (Wildman–Crippen LogP) is 25.0. The van der Waals surface area contributed by atoms with Crippen LogP contribution in [0.3, 0.4) is 0 Å². The highest BCUT2D eigenvalue weighted by atomic mass is 16.6. The summed E-state index contributed by atoms with van der Waals surface area (Å²) in [6.07, 6.45) is 94.7. The Bertz CT molecular complexity index is 1570. The molecule has 6 heteroatoms. The van der Waals surface area contributed by atoms with Gasteiger partial charge in [0.15, 0.2) is 6.10 Å². The highest BCUT2D eigenvalue weighted by Gasteiger charge is 2.19. The van der Waals surface area contributed by atoms with E-state index in [4.69, 9.17) is 14.2 Å². The maximum absolute atomic E-state index is 13.0. The van der Waals surface area contributed by atoms with E-state index in [0.717, 1.165) is 96.3 Å². The molecule has 0 fully saturated rings. The molecule has 0 spiro atoms. The first-order chi connectivity index (χ1) is 41.0. The third kappa shape index (κ3) is 69.3. The van der Waals surface area contributed by atoms with Gasteiger partial charge in [0.2, 0.25) is 0 Å². The van der Waals surface area contributed by atoms with Crippen LogP contribution in [0.15, 0.2) is 85.1 Å². The van der Waals surface area contributed by atoms with Crippen molar-refractivity contribution in [2.24, 2.45) is 0 Å². The Morgan fingerprint density at radius 1 is 0.253 bits per heavy atom. The summed E-state index contributed by atoms with van der Waals surface area (Å²) in [7, 11) is 0. The molecule has 0 saturated heterocycles. The zero-order valence-electron chi connectivity index (χ0n) is 55.2. The van der Waals surface area contributed by atoms with Gasteiger partial charge in [-0.1, -0.05) is 318 Å². The molecule has 0 N–H and O–H groups in total. The zero-order chi connectivity index (χ0) is 59.9. The van der Waals surface area contributed by atoms with E-state index in [1.54, 1.807) is 0 Å². The Hall–Kier alpha value is -3.41. The molecule has 0 bridgehead atoms. The maximum Gasteiger partial charge on any atom is 0.306 e. The quantitative estimate of drug-likeness (QED) is 0.0261. The summed E-state index contributed by atoms with van der Waals surface area (Å²) >= 11 is 0. The second-order valence-electron chi connectivity index (χ2n) is 24.1. The molecule has 83 heavy (non-hydrogen) atoms. The molecule has 0 heterocycles. The normalized spacial score (nSPS) is 12.6. The second kappa shape index (κ2) is 71.1. The van der Waals surface area contributed by atoms with Gasteiger partial charge in [0.25, 0.3) is 0 Å². The van der Waals surface area contributed by atoms with Crippen LogP contribution >= 0.6 is 0 Å². The van der Waals surface area contributed by atoms with Gasteiger partial charge in [-0.3, -0.25) is 14.4 Å². The van der Waals surface area contributed by atoms with Crippen molar-refractivity contribution in [1.82, 2.24) is 0 Å². The number of carbonyl (C=O) groups excluding carboxylic acids is 3. The summed E-state index contributed by atoms with van der Waals surface area (Å²) < 4.78 is 17.0. The number of carbonyl (C=O) groups is 3. The minimum Gasteiger partial charge on any atom is -0.462 e. The van der Waals surface area contributed by atoms with Crippen LogP contribution in [0.2, 0.25) is 0 Å². The predicted molar refractivity (Wildman–Crippen MR) is 362 cm³/mol. The smallest absolute Gasteiger partial charge is 0.306 e. The number of hydrogen-bond donors (Lipinski definition) is 0. The number of allylic oxidation sites excluding steroid dienone is 14. The summed E-state index contributed by atoms with van der Waals surface area (Å²) in [5, 5.41) is 0. The Morgan fingerprint density at radius 3 is 0.747 bits per heavy atom. The van der Waals surface area contributed by atoms with Crippen LogP contribution in [0.1, 0.15) is 367 Å². The lowest BCUT2D eigenvalue weighted by atomic mass is 10.0. The van der Waals surface area contributed by atoms with Gasteiger partial charge in [-0.15, -0.1) is 0 Å². The van der Waals surface area contributed by atoms with Crippen molar-refractivity contribution in [2.45, 2.75) is 374 Å². The average molecular weight is 1160 g/mol. The summed E-state index contributed by atoms with van der Waals surface area (Å²) in [4.78, 5) is 38.5. The third-order valence-electron chi connectivity index (χ3n) is 15.9. The number of ether oxygens (including phenoxy) is 3. The van der Waals surface area contributed by atoms with E-state index in [1.807, 2.05) is 0 Å². The minimum atomic E-state index is -0.781. The van der Waals surface area contributed by atoms with E-state index in [1.165, 1.54) is 231 Å². The fourth-order valence-corrected chi connectivity index (χ4v) is 10.5. The topological polar surface area (TPSA) is 78.9 Å². The van der Waals surface area contributed by atoms with Crippen LogP contribution in [0, 0.1) is 0 Å². The monoisotopic (exact) mass is 1160 g/mol. The molecule has 0 aromatic rings. The van der Waals surface area contributed by atoms with Gasteiger partial charge in [0.1, 0.15) is 13.2 Å². The van der Waals surface area contributed by atoms with E-state index >= 15 is 0 Å². The first kappa shape index (κ1) is 79.6. The molecule has 0 radical (unpaired) electrons. The lowest BCUT2D eigenvalue weighted by Gasteiger charge is -2.18. The molecule has 0 amide bonds. The SMILES string of the molecule is CC/C=C\C/C=C\C/C=C\C/C=C\C/C=C\CCCCCCCCCCCCCCCCCC(=O)OCC(COC(=O)CCCCCCC/C=C\CCCCCCCC)OC(=O)CCCCCCCCCCC/C=C\CCCCCCCC. The van der Waals surface area contributed by atoms with E-state index in [-0.39, 0.29) is 31.1 Å². The molecule has 6 nitrogen and oxygen atoms in total. The Kier molecular flexibility index (Phi) is 68.2. The Morgan fingerprint density at radius 2 is 0.470 bits per heavy atom.